The first-order chi connectivity index (χ1) is 6.78. The van der Waals surface area contributed by atoms with Gasteiger partial charge in [-0.05, 0) is 53.0 Å². The van der Waals surface area contributed by atoms with Crippen molar-refractivity contribution in [1.82, 2.24) is 5.32 Å². The van der Waals surface area contributed by atoms with E-state index in [1.165, 1.54) is 0 Å². The first-order valence-corrected chi connectivity index (χ1v) is 6.09. The lowest BCUT2D eigenvalue weighted by atomic mass is 9.87. The minimum Gasteiger partial charge on any atom is -0.376 e. The standard InChI is InChI=1S/C13H29NO/c1-10(2)12(11(3)14-7)8-9-15-13(4,5)6/h10-12,14H,8-9H2,1-7H3. The highest BCUT2D eigenvalue weighted by atomic mass is 16.5. The molecule has 92 valence electrons. The molecule has 0 radical (unpaired) electrons. The molecule has 0 saturated carbocycles. The van der Waals surface area contributed by atoms with E-state index in [2.05, 4.69) is 46.9 Å². The van der Waals surface area contributed by atoms with E-state index in [1.54, 1.807) is 0 Å². The van der Waals surface area contributed by atoms with Crippen molar-refractivity contribution in [2.45, 2.75) is 59.6 Å². The Morgan fingerprint density at radius 3 is 2.00 bits per heavy atom. The van der Waals surface area contributed by atoms with Crippen LogP contribution in [0.15, 0.2) is 0 Å². The fraction of sp³-hybridized carbons (Fsp3) is 1.00. The number of nitrogens with one attached hydrogen (secondary N) is 1. The van der Waals surface area contributed by atoms with Gasteiger partial charge in [-0.15, -0.1) is 0 Å². The van der Waals surface area contributed by atoms with Gasteiger partial charge in [-0.1, -0.05) is 13.8 Å². The molecule has 2 atom stereocenters. The van der Waals surface area contributed by atoms with Gasteiger partial charge in [0.05, 0.1) is 5.60 Å². The Morgan fingerprint density at radius 1 is 1.13 bits per heavy atom. The van der Waals surface area contributed by atoms with Crippen molar-refractivity contribution < 1.29 is 4.74 Å². The van der Waals surface area contributed by atoms with E-state index >= 15 is 0 Å². The normalized spacial score (nSPS) is 16.8. The quantitative estimate of drug-likeness (QED) is 0.735. The molecule has 1 N–H and O–H groups in total. The summed E-state index contributed by atoms with van der Waals surface area (Å²) in [5.41, 5.74) is -0.00951. The Kier molecular flexibility index (Phi) is 6.46. The van der Waals surface area contributed by atoms with Crippen LogP contribution in [0.25, 0.3) is 0 Å². The molecule has 0 spiro atoms. The zero-order valence-corrected chi connectivity index (χ0v) is 11.6. The summed E-state index contributed by atoms with van der Waals surface area (Å²) in [5, 5.41) is 3.34. The predicted octanol–water partition coefficient (Wildman–Crippen LogP) is 3.07. The van der Waals surface area contributed by atoms with Crippen LogP contribution in [0, 0.1) is 11.8 Å². The molecule has 0 fully saturated rings. The minimum absolute atomic E-state index is 0.00951. The summed E-state index contributed by atoms with van der Waals surface area (Å²) in [6.07, 6.45) is 1.14. The highest BCUT2D eigenvalue weighted by molar-refractivity contribution is 4.74. The minimum atomic E-state index is -0.00951. The lowest BCUT2D eigenvalue weighted by Crippen LogP contribution is -2.35. The Hall–Kier alpha value is -0.0800. The van der Waals surface area contributed by atoms with Crippen LogP contribution in [0.2, 0.25) is 0 Å². The van der Waals surface area contributed by atoms with Gasteiger partial charge < -0.3 is 10.1 Å². The molecular formula is C13H29NO. The van der Waals surface area contributed by atoms with Gasteiger partial charge in [0, 0.05) is 12.6 Å². The lowest BCUT2D eigenvalue weighted by molar-refractivity contribution is -0.0134. The number of rotatable bonds is 6. The predicted molar refractivity (Wildman–Crippen MR) is 67.2 cm³/mol. The van der Waals surface area contributed by atoms with Gasteiger partial charge in [-0.3, -0.25) is 0 Å². The zero-order valence-electron chi connectivity index (χ0n) is 11.6. The van der Waals surface area contributed by atoms with Crippen LogP contribution in [0.3, 0.4) is 0 Å². The van der Waals surface area contributed by atoms with Gasteiger partial charge in [0.15, 0.2) is 0 Å². The second kappa shape index (κ2) is 6.49. The van der Waals surface area contributed by atoms with Crippen LogP contribution in [-0.2, 0) is 4.74 Å². The van der Waals surface area contributed by atoms with E-state index in [-0.39, 0.29) is 5.60 Å². The molecule has 2 unspecified atom stereocenters. The van der Waals surface area contributed by atoms with E-state index in [4.69, 9.17) is 4.74 Å². The molecule has 2 nitrogen and oxygen atoms in total. The van der Waals surface area contributed by atoms with Crippen molar-refractivity contribution in [1.29, 1.82) is 0 Å². The highest BCUT2D eigenvalue weighted by Gasteiger charge is 2.20. The van der Waals surface area contributed by atoms with Gasteiger partial charge in [0.25, 0.3) is 0 Å². The first-order valence-electron chi connectivity index (χ1n) is 6.09. The number of ether oxygens (including phenoxy) is 1. The molecule has 0 heterocycles. The van der Waals surface area contributed by atoms with E-state index in [1.807, 2.05) is 7.05 Å². The fourth-order valence-electron chi connectivity index (χ4n) is 1.88. The fourth-order valence-corrected chi connectivity index (χ4v) is 1.88. The summed E-state index contributed by atoms with van der Waals surface area (Å²) in [5.74, 6) is 1.40. The van der Waals surface area contributed by atoms with Crippen LogP contribution in [0.5, 0.6) is 0 Å². The molecule has 2 heteroatoms. The maximum atomic E-state index is 5.78. The van der Waals surface area contributed by atoms with Crippen LogP contribution in [-0.4, -0.2) is 25.3 Å². The van der Waals surface area contributed by atoms with E-state index in [0.717, 1.165) is 13.0 Å². The van der Waals surface area contributed by atoms with Crippen molar-refractivity contribution in [3.63, 3.8) is 0 Å². The van der Waals surface area contributed by atoms with E-state index in [9.17, 15) is 0 Å². The molecule has 0 rings (SSSR count). The Bertz CT molecular complexity index is 160. The Balaban J connectivity index is 3.98. The third-order valence-corrected chi connectivity index (χ3v) is 2.94. The summed E-state index contributed by atoms with van der Waals surface area (Å²) in [6, 6.07) is 0.563. The molecule has 0 aliphatic heterocycles. The summed E-state index contributed by atoms with van der Waals surface area (Å²) in [6.45, 7) is 14.0. The average molecular weight is 215 g/mol. The SMILES string of the molecule is CNC(C)C(CCOC(C)(C)C)C(C)C. The van der Waals surface area contributed by atoms with Crippen molar-refractivity contribution in [2.75, 3.05) is 13.7 Å². The summed E-state index contributed by atoms with van der Waals surface area (Å²) in [4.78, 5) is 0. The van der Waals surface area contributed by atoms with Gasteiger partial charge >= 0.3 is 0 Å². The zero-order chi connectivity index (χ0) is 12.1. The van der Waals surface area contributed by atoms with E-state index < -0.39 is 0 Å². The van der Waals surface area contributed by atoms with Crippen LogP contribution >= 0.6 is 0 Å². The largest absolute Gasteiger partial charge is 0.376 e. The third kappa shape index (κ3) is 6.91. The van der Waals surface area contributed by atoms with E-state index in [0.29, 0.717) is 17.9 Å². The maximum absolute atomic E-state index is 5.78. The molecule has 0 bridgehead atoms. The molecule has 0 amide bonds. The van der Waals surface area contributed by atoms with Gasteiger partial charge in [-0.2, -0.15) is 0 Å². The summed E-state index contributed by atoms with van der Waals surface area (Å²) < 4.78 is 5.78. The van der Waals surface area contributed by atoms with Gasteiger partial charge in [-0.25, -0.2) is 0 Å². The summed E-state index contributed by atoms with van der Waals surface area (Å²) >= 11 is 0. The molecule has 15 heavy (non-hydrogen) atoms. The summed E-state index contributed by atoms with van der Waals surface area (Å²) in [7, 11) is 2.03. The smallest absolute Gasteiger partial charge is 0.0598 e. The average Bonchev–Trinajstić information content (AvgIpc) is 2.09. The second-order valence-corrected chi connectivity index (χ2v) is 5.73. The maximum Gasteiger partial charge on any atom is 0.0598 e. The van der Waals surface area contributed by atoms with Crippen LogP contribution in [0.1, 0.15) is 48.0 Å². The Labute approximate surface area is 95.8 Å². The molecule has 0 aromatic heterocycles. The Morgan fingerprint density at radius 2 is 1.67 bits per heavy atom. The lowest BCUT2D eigenvalue weighted by Gasteiger charge is -2.29. The van der Waals surface area contributed by atoms with Crippen molar-refractivity contribution >= 4 is 0 Å². The van der Waals surface area contributed by atoms with Crippen LogP contribution in [0.4, 0.5) is 0 Å². The highest BCUT2D eigenvalue weighted by Crippen LogP contribution is 2.20. The number of hydrogen-bond acceptors (Lipinski definition) is 2. The van der Waals surface area contributed by atoms with Crippen LogP contribution < -0.4 is 5.32 Å². The molecular weight excluding hydrogens is 186 g/mol. The molecule has 0 aliphatic rings. The second-order valence-electron chi connectivity index (χ2n) is 5.73. The monoisotopic (exact) mass is 215 g/mol. The van der Waals surface area contributed by atoms with Gasteiger partial charge in [0.2, 0.25) is 0 Å². The topological polar surface area (TPSA) is 21.3 Å². The molecule has 0 saturated heterocycles. The molecule has 0 aliphatic carbocycles. The van der Waals surface area contributed by atoms with Crippen molar-refractivity contribution in [2.24, 2.45) is 11.8 Å². The van der Waals surface area contributed by atoms with Crippen molar-refractivity contribution in [3.05, 3.63) is 0 Å². The first kappa shape index (κ1) is 14.9. The van der Waals surface area contributed by atoms with Gasteiger partial charge in [0.1, 0.15) is 0 Å². The molecule has 0 aromatic rings. The third-order valence-electron chi connectivity index (χ3n) is 2.94. The number of hydrogen-bond donors (Lipinski definition) is 1. The van der Waals surface area contributed by atoms with Crippen molar-refractivity contribution in [3.8, 4) is 0 Å². The molecule has 0 aromatic carbocycles.